The van der Waals surface area contributed by atoms with Gasteiger partial charge in [0.25, 0.3) is 5.91 Å². The maximum absolute atomic E-state index is 13.1. The average molecular weight is 573 g/mol. The van der Waals surface area contributed by atoms with E-state index in [2.05, 4.69) is 25.8 Å². The molecule has 2 fully saturated rings. The SMILES string of the molecule is Nc1ccccc1NC(=O)c1ccc(C(CCCN2CCOCC2)NC(=O)Nc2ccc(N3CCOCC3)cc2)cc1. The van der Waals surface area contributed by atoms with Crippen LogP contribution in [0.25, 0.3) is 0 Å². The first-order valence-corrected chi connectivity index (χ1v) is 14.6. The van der Waals surface area contributed by atoms with Crippen molar-refractivity contribution < 1.29 is 19.1 Å². The number of nitrogens with zero attached hydrogens (tertiary/aromatic N) is 2. The number of hydrogen-bond acceptors (Lipinski definition) is 7. The van der Waals surface area contributed by atoms with Crippen LogP contribution in [0.2, 0.25) is 0 Å². The number of nitrogens with one attached hydrogen (secondary N) is 3. The number of urea groups is 1. The number of benzene rings is 3. The highest BCUT2D eigenvalue weighted by Crippen LogP contribution is 2.23. The van der Waals surface area contributed by atoms with E-state index in [0.717, 1.165) is 88.9 Å². The first kappa shape index (κ1) is 29.4. The van der Waals surface area contributed by atoms with Gasteiger partial charge in [0.05, 0.1) is 43.8 Å². The molecule has 5 N–H and O–H groups in total. The molecule has 3 aromatic carbocycles. The van der Waals surface area contributed by atoms with E-state index in [1.54, 1.807) is 24.3 Å². The topological polar surface area (TPSA) is 121 Å². The average Bonchev–Trinajstić information content (AvgIpc) is 3.03. The van der Waals surface area contributed by atoms with Crippen LogP contribution in [0.15, 0.2) is 72.8 Å². The standard InChI is InChI=1S/C32H40N6O4/c33-28-4-1-2-5-30(28)35-31(39)25-9-7-24(8-10-25)29(6-3-15-37-16-20-41-21-17-37)36-32(40)34-26-11-13-27(14-12-26)38-18-22-42-23-19-38/h1-2,4-5,7-14,29H,3,6,15-23,33H2,(H,35,39)(H2,34,36,40). The van der Waals surface area contributed by atoms with Gasteiger partial charge in [-0.2, -0.15) is 0 Å². The van der Waals surface area contributed by atoms with E-state index in [-0.39, 0.29) is 18.0 Å². The minimum Gasteiger partial charge on any atom is -0.397 e. The Morgan fingerprint density at radius 3 is 2.17 bits per heavy atom. The summed E-state index contributed by atoms with van der Waals surface area (Å²) < 4.78 is 10.9. The number of rotatable bonds is 10. The van der Waals surface area contributed by atoms with Crippen molar-refractivity contribution >= 4 is 34.7 Å². The molecule has 2 aliphatic heterocycles. The van der Waals surface area contributed by atoms with Gasteiger partial charge in [0.2, 0.25) is 0 Å². The van der Waals surface area contributed by atoms with E-state index in [1.165, 1.54) is 0 Å². The van der Waals surface area contributed by atoms with Gasteiger partial charge >= 0.3 is 6.03 Å². The van der Waals surface area contributed by atoms with E-state index in [1.807, 2.05) is 48.5 Å². The summed E-state index contributed by atoms with van der Waals surface area (Å²) in [6, 6.07) is 21.9. The van der Waals surface area contributed by atoms with E-state index in [0.29, 0.717) is 16.9 Å². The summed E-state index contributed by atoms with van der Waals surface area (Å²) in [5.74, 6) is -0.241. The molecule has 5 rings (SSSR count). The van der Waals surface area contributed by atoms with Crippen LogP contribution in [-0.4, -0.2) is 76.0 Å². The molecule has 0 spiro atoms. The Balaban J connectivity index is 1.22. The summed E-state index contributed by atoms with van der Waals surface area (Å²) in [5.41, 5.74) is 10.3. The van der Waals surface area contributed by atoms with E-state index in [9.17, 15) is 9.59 Å². The molecule has 3 aromatic rings. The van der Waals surface area contributed by atoms with Gasteiger partial charge in [-0.05, 0) is 73.5 Å². The summed E-state index contributed by atoms with van der Waals surface area (Å²) in [4.78, 5) is 30.6. The van der Waals surface area contributed by atoms with Crippen molar-refractivity contribution in [3.8, 4) is 0 Å². The number of carbonyl (C=O) groups excluding carboxylic acids is 2. The van der Waals surface area contributed by atoms with Crippen LogP contribution in [0.1, 0.15) is 34.8 Å². The third-order valence-corrected chi connectivity index (χ3v) is 7.66. The zero-order chi connectivity index (χ0) is 29.1. The lowest BCUT2D eigenvalue weighted by molar-refractivity contribution is 0.0369. The van der Waals surface area contributed by atoms with Gasteiger partial charge in [0, 0.05) is 43.1 Å². The Bertz CT molecular complexity index is 1310. The number of ether oxygens (including phenoxy) is 2. The fraction of sp³-hybridized carbons (Fsp3) is 0.375. The molecule has 2 saturated heterocycles. The van der Waals surface area contributed by atoms with E-state index < -0.39 is 0 Å². The maximum atomic E-state index is 13.1. The first-order chi connectivity index (χ1) is 20.5. The number of anilines is 4. The van der Waals surface area contributed by atoms with Crippen LogP contribution in [0.3, 0.4) is 0 Å². The molecule has 0 saturated carbocycles. The molecule has 222 valence electrons. The summed E-state index contributed by atoms with van der Waals surface area (Å²) in [6.45, 7) is 7.47. The second-order valence-corrected chi connectivity index (χ2v) is 10.6. The molecule has 2 heterocycles. The molecule has 2 aliphatic rings. The van der Waals surface area contributed by atoms with Gasteiger partial charge in [-0.3, -0.25) is 9.69 Å². The maximum Gasteiger partial charge on any atom is 0.319 e. The van der Waals surface area contributed by atoms with E-state index >= 15 is 0 Å². The summed E-state index contributed by atoms with van der Waals surface area (Å²) in [5, 5.41) is 9.00. The Morgan fingerprint density at radius 1 is 0.810 bits per heavy atom. The van der Waals surface area contributed by atoms with Crippen molar-refractivity contribution in [2.24, 2.45) is 0 Å². The highest BCUT2D eigenvalue weighted by Gasteiger charge is 2.18. The monoisotopic (exact) mass is 572 g/mol. The van der Waals surface area contributed by atoms with Crippen LogP contribution >= 0.6 is 0 Å². The predicted molar refractivity (Wildman–Crippen MR) is 166 cm³/mol. The van der Waals surface area contributed by atoms with Crippen molar-refractivity contribution in [2.75, 3.05) is 80.4 Å². The van der Waals surface area contributed by atoms with Crippen molar-refractivity contribution in [3.63, 3.8) is 0 Å². The first-order valence-electron chi connectivity index (χ1n) is 14.6. The number of carbonyl (C=O) groups is 2. The zero-order valence-corrected chi connectivity index (χ0v) is 23.9. The number of amides is 3. The second-order valence-electron chi connectivity index (χ2n) is 10.6. The lowest BCUT2D eigenvalue weighted by atomic mass is 10.00. The minimum atomic E-state index is -0.271. The second kappa shape index (κ2) is 14.7. The lowest BCUT2D eigenvalue weighted by Crippen LogP contribution is -2.37. The van der Waals surface area contributed by atoms with Gasteiger partial charge in [-0.15, -0.1) is 0 Å². The van der Waals surface area contributed by atoms with Crippen LogP contribution < -0.4 is 26.6 Å². The smallest absolute Gasteiger partial charge is 0.319 e. The van der Waals surface area contributed by atoms with Crippen LogP contribution in [0.5, 0.6) is 0 Å². The van der Waals surface area contributed by atoms with Crippen molar-refractivity contribution in [1.29, 1.82) is 0 Å². The molecular weight excluding hydrogens is 532 g/mol. The van der Waals surface area contributed by atoms with Crippen LogP contribution in [0.4, 0.5) is 27.5 Å². The normalized spacial score (nSPS) is 16.4. The fourth-order valence-electron chi connectivity index (χ4n) is 5.24. The van der Waals surface area contributed by atoms with Crippen LogP contribution in [0, 0.1) is 0 Å². The zero-order valence-electron chi connectivity index (χ0n) is 23.9. The quantitative estimate of drug-likeness (QED) is 0.267. The number of hydrogen-bond donors (Lipinski definition) is 4. The number of nitrogen functional groups attached to an aromatic ring is 1. The third-order valence-electron chi connectivity index (χ3n) is 7.66. The molecule has 0 aliphatic carbocycles. The molecule has 3 amide bonds. The van der Waals surface area contributed by atoms with Crippen molar-refractivity contribution in [2.45, 2.75) is 18.9 Å². The molecule has 1 atom stereocenters. The molecular formula is C32H40N6O4. The largest absolute Gasteiger partial charge is 0.397 e. The Hall–Kier alpha value is -4.12. The molecule has 0 bridgehead atoms. The Kier molecular flexibility index (Phi) is 10.3. The number of morpholine rings is 2. The van der Waals surface area contributed by atoms with E-state index in [4.69, 9.17) is 15.2 Å². The molecule has 10 heteroatoms. The van der Waals surface area contributed by atoms with Gasteiger partial charge < -0.3 is 36.1 Å². The Labute approximate surface area is 247 Å². The molecule has 0 radical (unpaired) electrons. The molecule has 1 unspecified atom stereocenters. The number of nitrogens with two attached hydrogens (primary N) is 1. The molecule has 42 heavy (non-hydrogen) atoms. The van der Waals surface area contributed by atoms with Crippen molar-refractivity contribution in [3.05, 3.63) is 83.9 Å². The van der Waals surface area contributed by atoms with Gasteiger partial charge in [0.1, 0.15) is 0 Å². The lowest BCUT2D eigenvalue weighted by Gasteiger charge is -2.29. The Morgan fingerprint density at radius 2 is 1.48 bits per heavy atom. The summed E-state index contributed by atoms with van der Waals surface area (Å²) >= 11 is 0. The highest BCUT2D eigenvalue weighted by molar-refractivity contribution is 6.05. The summed E-state index contributed by atoms with van der Waals surface area (Å²) in [7, 11) is 0. The fourth-order valence-corrected chi connectivity index (χ4v) is 5.24. The van der Waals surface area contributed by atoms with Gasteiger partial charge in [0.15, 0.2) is 0 Å². The van der Waals surface area contributed by atoms with Gasteiger partial charge in [-0.25, -0.2) is 4.79 Å². The highest BCUT2D eigenvalue weighted by atomic mass is 16.5. The minimum absolute atomic E-state index is 0.222. The molecule has 10 nitrogen and oxygen atoms in total. The number of para-hydroxylation sites is 2. The molecule has 0 aromatic heterocycles. The van der Waals surface area contributed by atoms with Crippen molar-refractivity contribution in [1.82, 2.24) is 10.2 Å². The van der Waals surface area contributed by atoms with Crippen LogP contribution in [-0.2, 0) is 9.47 Å². The third kappa shape index (κ3) is 8.22. The summed E-state index contributed by atoms with van der Waals surface area (Å²) in [6.07, 6.45) is 1.67. The van der Waals surface area contributed by atoms with Gasteiger partial charge in [-0.1, -0.05) is 24.3 Å². The predicted octanol–water partition coefficient (Wildman–Crippen LogP) is 4.33.